The molecule has 0 saturated heterocycles. The molecule has 5 heteroatoms. The van der Waals surface area contributed by atoms with E-state index >= 15 is 0 Å². The molecule has 0 aromatic heterocycles. The van der Waals surface area contributed by atoms with Crippen LogP contribution in [-0.4, -0.2) is 32.3 Å². The second-order valence-corrected chi connectivity index (χ2v) is 6.32. The highest BCUT2D eigenvalue weighted by Gasteiger charge is 2.08. The molecule has 0 aliphatic heterocycles. The minimum absolute atomic E-state index is 0.249. The summed E-state index contributed by atoms with van der Waals surface area (Å²) in [7, 11) is 1.62. The Morgan fingerprint density at radius 1 is 1.04 bits per heavy atom. The van der Waals surface area contributed by atoms with E-state index in [9.17, 15) is 4.79 Å². The van der Waals surface area contributed by atoms with Gasteiger partial charge >= 0.3 is 0 Å². The highest BCUT2D eigenvalue weighted by atomic mass is 16.5. The summed E-state index contributed by atoms with van der Waals surface area (Å²) >= 11 is 0. The van der Waals surface area contributed by atoms with Gasteiger partial charge in [-0.3, -0.25) is 4.79 Å². The fraction of sp³-hybridized carbons (Fsp3) is 0.217. The zero-order valence-electron chi connectivity index (χ0n) is 16.5. The van der Waals surface area contributed by atoms with Crippen LogP contribution in [0.25, 0.3) is 10.8 Å². The Hall–Kier alpha value is -3.34. The van der Waals surface area contributed by atoms with Gasteiger partial charge in [-0.25, -0.2) is 5.43 Å². The van der Waals surface area contributed by atoms with Crippen molar-refractivity contribution in [3.63, 3.8) is 0 Å². The molecule has 0 fully saturated rings. The molecule has 1 amide bonds. The number of carbonyl (C=O) groups excluding carboxylic acids is 1. The number of carbonyl (C=O) groups is 1. The van der Waals surface area contributed by atoms with Gasteiger partial charge in [0, 0.05) is 29.9 Å². The Labute approximate surface area is 165 Å². The first-order valence-electron chi connectivity index (χ1n) is 9.42. The molecule has 28 heavy (non-hydrogen) atoms. The van der Waals surface area contributed by atoms with Crippen LogP contribution in [0.1, 0.15) is 29.8 Å². The van der Waals surface area contributed by atoms with Crippen molar-refractivity contribution >= 4 is 28.6 Å². The van der Waals surface area contributed by atoms with Crippen molar-refractivity contribution in [3.05, 3.63) is 71.8 Å². The Balaban J connectivity index is 1.76. The number of hydrogen-bond acceptors (Lipinski definition) is 4. The van der Waals surface area contributed by atoms with Gasteiger partial charge in [-0.15, -0.1) is 0 Å². The molecule has 0 radical (unpaired) electrons. The maximum Gasteiger partial charge on any atom is 0.271 e. The average molecular weight is 375 g/mol. The number of methoxy groups -OCH3 is 1. The fourth-order valence-corrected chi connectivity index (χ4v) is 3.22. The molecule has 0 spiro atoms. The summed E-state index contributed by atoms with van der Waals surface area (Å²) in [6.45, 7) is 6.08. The Morgan fingerprint density at radius 2 is 1.75 bits per heavy atom. The van der Waals surface area contributed by atoms with E-state index in [1.165, 1.54) is 0 Å². The van der Waals surface area contributed by atoms with E-state index in [0.29, 0.717) is 11.3 Å². The molecule has 144 valence electrons. The molecule has 0 atom stereocenters. The number of nitrogens with one attached hydrogen (secondary N) is 1. The van der Waals surface area contributed by atoms with E-state index < -0.39 is 0 Å². The van der Waals surface area contributed by atoms with E-state index in [4.69, 9.17) is 4.74 Å². The lowest BCUT2D eigenvalue weighted by atomic mass is 10.0. The van der Waals surface area contributed by atoms with Crippen LogP contribution >= 0.6 is 0 Å². The van der Waals surface area contributed by atoms with Crippen molar-refractivity contribution in [1.82, 2.24) is 5.43 Å². The summed E-state index contributed by atoms with van der Waals surface area (Å²) in [5.41, 5.74) is 5.10. The first-order valence-corrected chi connectivity index (χ1v) is 9.42. The van der Waals surface area contributed by atoms with Crippen LogP contribution in [0.4, 0.5) is 5.69 Å². The summed E-state index contributed by atoms with van der Waals surface area (Å²) in [6, 6.07) is 19.4. The van der Waals surface area contributed by atoms with E-state index in [0.717, 1.165) is 35.1 Å². The van der Waals surface area contributed by atoms with Crippen LogP contribution in [0.5, 0.6) is 5.75 Å². The Kier molecular flexibility index (Phi) is 6.27. The quantitative estimate of drug-likeness (QED) is 0.490. The van der Waals surface area contributed by atoms with E-state index in [2.05, 4.69) is 29.3 Å². The van der Waals surface area contributed by atoms with Crippen molar-refractivity contribution < 1.29 is 9.53 Å². The summed E-state index contributed by atoms with van der Waals surface area (Å²) in [5, 5.41) is 6.25. The van der Waals surface area contributed by atoms with Gasteiger partial charge in [0.25, 0.3) is 5.91 Å². The number of hydrazone groups is 1. The maximum atomic E-state index is 12.4. The first-order chi connectivity index (χ1) is 13.7. The number of nitrogens with zero attached hydrogens (tertiary/aromatic N) is 2. The molecule has 3 aromatic carbocycles. The normalized spacial score (nSPS) is 11.0. The summed E-state index contributed by atoms with van der Waals surface area (Å²) in [5.74, 6) is 0.460. The summed E-state index contributed by atoms with van der Waals surface area (Å²) < 4.78 is 5.44. The summed E-state index contributed by atoms with van der Waals surface area (Å²) in [4.78, 5) is 14.6. The number of benzene rings is 3. The molecule has 3 rings (SSSR count). The van der Waals surface area contributed by atoms with Crippen LogP contribution in [0, 0.1) is 0 Å². The van der Waals surface area contributed by atoms with Gasteiger partial charge in [-0.1, -0.05) is 30.3 Å². The molecule has 0 aliphatic rings. The van der Waals surface area contributed by atoms with Crippen molar-refractivity contribution in [3.8, 4) is 5.75 Å². The van der Waals surface area contributed by atoms with Crippen LogP contribution < -0.4 is 15.1 Å². The number of fused-ring (bicyclic) bond motifs is 1. The van der Waals surface area contributed by atoms with E-state index in [1.807, 2.05) is 60.7 Å². The number of anilines is 1. The molecule has 1 N–H and O–H groups in total. The predicted octanol–water partition coefficient (Wildman–Crippen LogP) is 4.46. The smallest absolute Gasteiger partial charge is 0.271 e. The lowest BCUT2D eigenvalue weighted by Gasteiger charge is -2.20. The molecular formula is C23H25N3O2. The lowest BCUT2D eigenvalue weighted by molar-refractivity contribution is 0.0955. The molecular weight excluding hydrogens is 350 g/mol. The Bertz CT molecular complexity index is 977. The molecule has 0 bridgehead atoms. The second kappa shape index (κ2) is 9.04. The lowest BCUT2D eigenvalue weighted by Crippen LogP contribution is -2.22. The molecule has 3 aromatic rings. The minimum atomic E-state index is -0.249. The number of rotatable bonds is 7. The van der Waals surface area contributed by atoms with Crippen molar-refractivity contribution in [2.45, 2.75) is 13.8 Å². The van der Waals surface area contributed by atoms with Gasteiger partial charge in [0.1, 0.15) is 5.75 Å². The standard InChI is InChI=1S/C23H25N3O2/c1-4-26(5-2)19-13-10-18(11-14-19)23(27)25-24-16-21-20-9-7-6-8-17(20)12-15-22(21)28-3/h6-16H,4-5H2,1-3H3,(H,25,27)/b24-16-. The molecule has 0 unspecified atom stereocenters. The van der Waals surface area contributed by atoms with E-state index in [-0.39, 0.29) is 5.91 Å². The van der Waals surface area contributed by atoms with Crippen LogP contribution in [0.15, 0.2) is 65.8 Å². The van der Waals surface area contributed by atoms with Gasteiger partial charge < -0.3 is 9.64 Å². The van der Waals surface area contributed by atoms with Gasteiger partial charge in [0.15, 0.2) is 0 Å². The largest absolute Gasteiger partial charge is 0.496 e. The highest BCUT2D eigenvalue weighted by molar-refractivity contribution is 6.03. The third kappa shape index (κ3) is 4.14. The van der Waals surface area contributed by atoms with Gasteiger partial charge in [0.2, 0.25) is 0 Å². The van der Waals surface area contributed by atoms with Crippen molar-refractivity contribution in [2.75, 3.05) is 25.1 Å². The average Bonchev–Trinajstić information content (AvgIpc) is 2.75. The van der Waals surface area contributed by atoms with E-state index in [1.54, 1.807) is 13.3 Å². The predicted molar refractivity (Wildman–Crippen MR) is 116 cm³/mol. The maximum absolute atomic E-state index is 12.4. The highest BCUT2D eigenvalue weighted by Crippen LogP contribution is 2.26. The number of ether oxygens (including phenoxy) is 1. The van der Waals surface area contributed by atoms with Crippen molar-refractivity contribution in [2.24, 2.45) is 5.10 Å². The minimum Gasteiger partial charge on any atom is -0.496 e. The molecule has 0 aliphatic carbocycles. The third-order valence-corrected chi connectivity index (χ3v) is 4.77. The van der Waals surface area contributed by atoms with Gasteiger partial charge in [0.05, 0.1) is 13.3 Å². The fourth-order valence-electron chi connectivity index (χ4n) is 3.22. The van der Waals surface area contributed by atoms with Crippen molar-refractivity contribution in [1.29, 1.82) is 0 Å². The Morgan fingerprint density at radius 3 is 2.43 bits per heavy atom. The summed E-state index contributed by atoms with van der Waals surface area (Å²) in [6.07, 6.45) is 1.63. The van der Waals surface area contributed by atoms with Crippen LogP contribution in [0.2, 0.25) is 0 Å². The molecule has 5 nitrogen and oxygen atoms in total. The monoisotopic (exact) mass is 375 g/mol. The number of amides is 1. The number of hydrogen-bond donors (Lipinski definition) is 1. The third-order valence-electron chi connectivity index (χ3n) is 4.77. The first kappa shape index (κ1) is 19.4. The molecule has 0 heterocycles. The van der Waals surface area contributed by atoms with Gasteiger partial charge in [-0.05, 0) is 55.0 Å². The zero-order chi connectivity index (χ0) is 19.9. The van der Waals surface area contributed by atoms with Crippen LogP contribution in [-0.2, 0) is 0 Å². The van der Waals surface area contributed by atoms with Crippen LogP contribution in [0.3, 0.4) is 0 Å². The SMILES string of the molecule is CCN(CC)c1ccc(C(=O)N/N=C\c2c(OC)ccc3ccccc23)cc1. The molecule has 0 saturated carbocycles. The zero-order valence-corrected chi connectivity index (χ0v) is 16.5. The topological polar surface area (TPSA) is 53.9 Å². The van der Waals surface area contributed by atoms with Gasteiger partial charge in [-0.2, -0.15) is 5.10 Å². The second-order valence-electron chi connectivity index (χ2n) is 6.32.